The summed E-state index contributed by atoms with van der Waals surface area (Å²) in [5.74, 6) is -0.671. The summed E-state index contributed by atoms with van der Waals surface area (Å²) in [5, 5.41) is 2.52. The summed E-state index contributed by atoms with van der Waals surface area (Å²) in [4.78, 5) is 29.4. The standard InChI is InChI=1S/C13H17N3O2/c1-10-6-3-5-9-16(10)13(18)12(17)15-11-7-2-4-8-14-11/h2,4,7-8,10H,3,5-6,9H2,1H3,(H,14,15,17). The molecule has 0 radical (unpaired) electrons. The summed E-state index contributed by atoms with van der Waals surface area (Å²) in [6, 6.07) is 5.31. The van der Waals surface area contributed by atoms with E-state index in [1.165, 1.54) is 0 Å². The number of carbonyl (C=O) groups is 2. The van der Waals surface area contributed by atoms with E-state index in [1.54, 1.807) is 29.3 Å². The van der Waals surface area contributed by atoms with Gasteiger partial charge in [0.1, 0.15) is 5.82 Å². The molecule has 0 aromatic carbocycles. The molecule has 2 amide bonds. The van der Waals surface area contributed by atoms with Crippen LogP contribution in [0.5, 0.6) is 0 Å². The first-order valence-corrected chi connectivity index (χ1v) is 6.21. The van der Waals surface area contributed by atoms with Crippen LogP contribution < -0.4 is 5.32 Å². The quantitative estimate of drug-likeness (QED) is 0.763. The van der Waals surface area contributed by atoms with E-state index in [0.717, 1.165) is 19.3 Å². The van der Waals surface area contributed by atoms with E-state index in [1.807, 2.05) is 6.92 Å². The Morgan fingerprint density at radius 3 is 2.89 bits per heavy atom. The molecule has 5 nitrogen and oxygen atoms in total. The Bertz CT molecular complexity index is 433. The van der Waals surface area contributed by atoms with Gasteiger partial charge >= 0.3 is 11.8 Å². The first-order chi connectivity index (χ1) is 8.68. The van der Waals surface area contributed by atoms with Crippen LogP contribution in [-0.2, 0) is 9.59 Å². The Hall–Kier alpha value is -1.91. The van der Waals surface area contributed by atoms with Crippen LogP contribution in [0.4, 0.5) is 5.82 Å². The minimum atomic E-state index is -0.609. The number of piperidine rings is 1. The van der Waals surface area contributed by atoms with E-state index < -0.39 is 11.8 Å². The summed E-state index contributed by atoms with van der Waals surface area (Å²) in [7, 11) is 0. The van der Waals surface area contributed by atoms with Gasteiger partial charge in [0.15, 0.2) is 0 Å². The fourth-order valence-corrected chi connectivity index (χ4v) is 2.14. The fourth-order valence-electron chi connectivity index (χ4n) is 2.14. The fraction of sp³-hybridized carbons (Fsp3) is 0.462. The summed E-state index contributed by atoms with van der Waals surface area (Å²) in [5.41, 5.74) is 0. The molecule has 96 valence electrons. The van der Waals surface area contributed by atoms with Crippen molar-refractivity contribution in [3.63, 3.8) is 0 Å². The minimum Gasteiger partial charge on any atom is -0.332 e. The van der Waals surface area contributed by atoms with E-state index in [-0.39, 0.29) is 6.04 Å². The molecule has 1 atom stereocenters. The zero-order valence-electron chi connectivity index (χ0n) is 10.4. The molecule has 5 heteroatoms. The van der Waals surface area contributed by atoms with Gasteiger partial charge in [-0.2, -0.15) is 0 Å². The van der Waals surface area contributed by atoms with Crippen molar-refractivity contribution in [3.8, 4) is 0 Å². The average Bonchev–Trinajstić information content (AvgIpc) is 2.39. The minimum absolute atomic E-state index is 0.140. The van der Waals surface area contributed by atoms with Gasteiger partial charge in [-0.15, -0.1) is 0 Å². The zero-order valence-corrected chi connectivity index (χ0v) is 10.4. The summed E-state index contributed by atoms with van der Waals surface area (Å²) in [6.45, 7) is 2.64. The maximum atomic E-state index is 12.0. The molecule has 0 aliphatic carbocycles. The van der Waals surface area contributed by atoms with Crippen molar-refractivity contribution in [3.05, 3.63) is 24.4 Å². The summed E-state index contributed by atoms with van der Waals surface area (Å²) >= 11 is 0. The lowest BCUT2D eigenvalue weighted by molar-refractivity contribution is -0.145. The van der Waals surface area contributed by atoms with Crippen molar-refractivity contribution < 1.29 is 9.59 Å². The highest BCUT2D eigenvalue weighted by molar-refractivity contribution is 6.39. The topological polar surface area (TPSA) is 62.3 Å². The maximum absolute atomic E-state index is 12.0. The Kier molecular flexibility index (Phi) is 3.92. The van der Waals surface area contributed by atoms with Gasteiger partial charge in [-0.1, -0.05) is 6.07 Å². The molecule has 1 aliphatic rings. The van der Waals surface area contributed by atoms with Crippen LogP contribution in [-0.4, -0.2) is 34.3 Å². The summed E-state index contributed by atoms with van der Waals surface area (Å²) < 4.78 is 0. The van der Waals surface area contributed by atoms with Gasteiger partial charge in [0, 0.05) is 18.8 Å². The molecule has 1 aromatic heterocycles. The molecule has 1 saturated heterocycles. The van der Waals surface area contributed by atoms with E-state index in [0.29, 0.717) is 12.4 Å². The lowest BCUT2D eigenvalue weighted by atomic mass is 10.0. The van der Waals surface area contributed by atoms with Crippen molar-refractivity contribution in [2.75, 3.05) is 11.9 Å². The molecule has 1 aromatic rings. The number of amides is 2. The largest absolute Gasteiger partial charge is 0.332 e. The average molecular weight is 247 g/mol. The summed E-state index contributed by atoms with van der Waals surface area (Å²) in [6.07, 6.45) is 4.62. The van der Waals surface area contributed by atoms with Crippen LogP contribution in [0.25, 0.3) is 0 Å². The Balaban J connectivity index is 1.98. The third kappa shape index (κ3) is 2.85. The van der Waals surface area contributed by atoms with Crippen LogP contribution in [0.15, 0.2) is 24.4 Å². The van der Waals surface area contributed by atoms with Gasteiger partial charge in [-0.25, -0.2) is 4.98 Å². The number of nitrogens with zero attached hydrogens (tertiary/aromatic N) is 2. The smallest absolute Gasteiger partial charge is 0.315 e. The monoisotopic (exact) mass is 247 g/mol. The highest BCUT2D eigenvalue weighted by Gasteiger charge is 2.28. The Morgan fingerprint density at radius 1 is 1.39 bits per heavy atom. The van der Waals surface area contributed by atoms with Crippen molar-refractivity contribution in [1.29, 1.82) is 0 Å². The second kappa shape index (κ2) is 5.62. The van der Waals surface area contributed by atoms with Crippen LogP contribution in [0, 0.1) is 0 Å². The number of hydrogen-bond donors (Lipinski definition) is 1. The second-order valence-electron chi connectivity index (χ2n) is 4.51. The highest BCUT2D eigenvalue weighted by atomic mass is 16.2. The SMILES string of the molecule is CC1CCCCN1C(=O)C(=O)Nc1ccccn1. The van der Waals surface area contributed by atoms with E-state index in [9.17, 15) is 9.59 Å². The Morgan fingerprint density at radius 2 is 2.22 bits per heavy atom. The van der Waals surface area contributed by atoms with Crippen molar-refractivity contribution in [2.24, 2.45) is 0 Å². The highest BCUT2D eigenvalue weighted by Crippen LogP contribution is 2.16. The molecule has 0 saturated carbocycles. The molecule has 0 bridgehead atoms. The molecule has 1 unspecified atom stereocenters. The molecule has 1 fully saturated rings. The predicted octanol–water partition coefficient (Wildman–Crippen LogP) is 1.42. The normalized spacial score (nSPS) is 19.4. The molecular weight excluding hydrogens is 230 g/mol. The Labute approximate surface area is 106 Å². The molecule has 0 spiro atoms. The lowest BCUT2D eigenvalue weighted by Crippen LogP contribution is -2.47. The predicted molar refractivity (Wildman–Crippen MR) is 67.9 cm³/mol. The molecule has 18 heavy (non-hydrogen) atoms. The first-order valence-electron chi connectivity index (χ1n) is 6.21. The van der Waals surface area contributed by atoms with Crippen LogP contribution in [0.1, 0.15) is 26.2 Å². The molecule has 2 heterocycles. The maximum Gasteiger partial charge on any atom is 0.315 e. The van der Waals surface area contributed by atoms with Crippen LogP contribution in [0.2, 0.25) is 0 Å². The van der Waals surface area contributed by atoms with Crippen molar-refractivity contribution >= 4 is 17.6 Å². The number of pyridine rings is 1. The number of nitrogens with one attached hydrogen (secondary N) is 1. The number of carbonyl (C=O) groups excluding carboxylic acids is 2. The van der Waals surface area contributed by atoms with Crippen molar-refractivity contribution in [1.82, 2.24) is 9.88 Å². The van der Waals surface area contributed by atoms with Crippen molar-refractivity contribution in [2.45, 2.75) is 32.2 Å². The van der Waals surface area contributed by atoms with E-state index in [4.69, 9.17) is 0 Å². The number of rotatable bonds is 1. The number of likely N-dealkylation sites (tertiary alicyclic amines) is 1. The molecule has 2 rings (SSSR count). The molecular formula is C13H17N3O2. The zero-order chi connectivity index (χ0) is 13.0. The second-order valence-corrected chi connectivity index (χ2v) is 4.51. The van der Waals surface area contributed by atoms with Gasteiger partial charge in [0.25, 0.3) is 0 Å². The number of hydrogen-bond acceptors (Lipinski definition) is 3. The van der Waals surface area contributed by atoms with Crippen LogP contribution in [0.3, 0.4) is 0 Å². The van der Waals surface area contributed by atoms with Gasteiger partial charge in [0.05, 0.1) is 0 Å². The number of anilines is 1. The van der Waals surface area contributed by atoms with E-state index in [2.05, 4.69) is 10.3 Å². The van der Waals surface area contributed by atoms with Gasteiger partial charge in [-0.3, -0.25) is 9.59 Å². The van der Waals surface area contributed by atoms with Gasteiger partial charge in [-0.05, 0) is 38.3 Å². The third-order valence-electron chi connectivity index (χ3n) is 3.16. The number of aromatic nitrogens is 1. The molecule has 1 aliphatic heterocycles. The first kappa shape index (κ1) is 12.5. The van der Waals surface area contributed by atoms with Gasteiger partial charge in [0.2, 0.25) is 0 Å². The van der Waals surface area contributed by atoms with Crippen LogP contribution >= 0.6 is 0 Å². The van der Waals surface area contributed by atoms with Gasteiger partial charge < -0.3 is 10.2 Å². The molecule has 1 N–H and O–H groups in total. The lowest BCUT2D eigenvalue weighted by Gasteiger charge is -2.32. The van der Waals surface area contributed by atoms with E-state index >= 15 is 0 Å². The third-order valence-corrected chi connectivity index (χ3v) is 3.16.